The first-order valence-corrected chi connectivity index (χ1v) is 9.27. The Morgan fingerprint density at radius 3 is 2.40 bits per heavy atom. The first-order chi connectivity index (χ1) is 12.1. The largest absolute Gasteiger partial charge is 0.325 e. The third-order valence-corrected chi connectivity index (χ3v) is 4.42. The summed E-state index contributed by atoms with van der Waals surface area (Å²) in [6.07, 6.45) is 6.33. The van der Waals surface area contributed by atoms with Crippen molar-refractivity contribution in [1.29, 1.82) is 0 Å². The fraction of sp³-hybridized carbons (Fsp3) is 0.579. The number of amides is 2. The SMILES string of the molecule is CCCC(N)C(=O)Nc1cccc(NC(=O)CN2CCCCCC2)c1. The van der Waals surface area contributed by atoms with Crippen LogP contribution in [0.5, 0.6) is 0 Å². The Morgan fingerprint density at radius 1 is 1.12 bits per heavy atom. The van der Waals surface area contributed by atoms with Gasteiger partial charge in [-0.3, -0.25) is 14.5 Å². The van der Waals surface area contributed by atoms with Gasteiger partial charge in [0.15, 0.2) is 0 Å². The van der Waals surface area contributed by atoms with Gasteiger partial charge in [-0.2, -0.15) is 0 Å². The zero-order valence-electron chi connectivity index (χ0n) is 15.1. The molecule has 1 atom stereocenters. The zero-order valence-corrected chi connectivity index (χ0v) is 15.1. The lowest BCUT2D eigenvalue weighted by Gasteiger charge is -2.19. The fourth-order valence-electron chi connectivity index (χ4n) is 3.05. The number of likely N-dealkylation sites (tertiary alicyclic amines) is 1. The molecule has 0 radical (unpaired) electrons. The smallest absolute Gasteiger partial charge is 0.241 e. The van der Waals surface area contributed by atoms with Crippen molar-refractivity contribution in [1.82, 2.24) is 4.90 Å². The van der Waals surface area contributed by atoms with E-state index in [1.54, 1.807) is 12.1 Å². The minimum atomic E-state index is -0.508. The molecule has 0 aromatic heterocycles. The lowest BCUT2D eigenvalue weighted by Crippen LogP contribution is -2.35. The third kappa shape index (κ3) is 6.84. The molecule has 1 unspecified atom stereocenters. The summed E-state index contributed by atoms with van der Waals surface area (Å²) in [4.78, 5) is 26.5. The van der Waals surface area contributed by atoms with Crippen LogP contribution < -0.4 is 16.4 Å². The van der Waals surface area contributed by atoms with Gasteiger partial charge in [0.05, 0.1) is 12.6 Å². The average Bonchev–Trinajstić information content (AvgIpc) is 2.84. The quantitative estimate of drug-likeness (QED) is 0.708. The summed E-state index contributed by atoms with van der Waals surface area (Å²) in [7, 11) is 0. The van der Waals surface area contributed by atoms with Crippen LogP contribution in [-0.2, 0) is 9.59 Å². The van der Waals surface area contributed by atoms with Crippen LogP contribution in [0.1, 0.15) is 45.4 Å². The van der Waals surface area contributed by atoms with E-state index >= 15 is 0 Å². The number of hydrogen-bond acceptors (Lipinski definition) is 4. The Kier molecular flexibility index (Phi) is 7.88. The van der Waals surface area contributed by atoms with Crippen LogP contribution in [0.15, 0.2) is 24.3 Å². The van der Waals surface area contributed by atoms with Crippen molar-refractivity contribution in [3.05, 3.63) is 24.3 Å². The molecule has 1 saturated heterocycles. The van der Waals surface area contributed by atoms with Crippen LogP contribution in [0.2, 0.25) is 0 Å². The van der Waals surface area contributed by atoms with E-state index in [1.165, 1.54) is 12.8 Å². The van der Waals surface area contributed by atoms with Gasteiger partial charge >= 0.3 is 0 Å². The fourth-order valence-corrected chi connectivity index (χ4v) is 3.05. The number of benzene rings is 1. The molecule has 4 N–H and O–H groups in total. The highest BCUT2D eigenvalue weighted by atomic mass is 16.2. The number of nitrogens with two attached hydrogens (primary N) is 1. The van der Waals surface area contributed by atoms with E-state index in [0.29, 0.717) is 24.3 Å². The van der Waals surface area contributed by atoms with Gasteiger partial charge in [-0.05, 0) is 50.6 Å². The predicted molar refractivity (Wildman–Crippen MR) is 101 cm³/mol. The Hall–Kier alpha value is -1.92. The summed E-state index contributed by atoms with van der Waals surface area (Å²) in [6.45, 7) is 4.38. The summed E-state index contributed by atoms with van der Waals surface area (Å²) in [5, 5.41) is 5.72. The highest BCUT2D eigenvalue weighted by molar-refractivity contribution is 5.96. The van der Waals surface area contributed by atoms with Gasteiger partial charge in [0.25, 0.3) is 0 Å². The number of anilines is 2. The molecule has 0 spiro atoms. The van der Waals surface area contributed by atoms with E-state index in [0.717, 1.165) is 32.4 Å². The number of hydrogen-bond donors (Lipinski definition) is 3. The Balaban J connectivity index is 1.87. The van der Waals surface area contributed by atoms with E-state index in [1.807, 2.05) is 19.1 Å². The van der Waals surface area contributed by atoms with Gasteiger partial charge in [-0.1, -0.05) is 32.3 Å². The minimum absolute atomic E-state index is 0.0203. The maximum absolute atomic E-state index is 12.3. The maximum atomic E-state index is 12.3. The second-order valence-corrected chi connectivity index (χ2v) is 6.70. The van der Waals surface area contributed by atoms with Crippen molar-refractivity contribution in [2.75, 3.05) is 30.3 Å². The van der Waals surface area contributed by atoms with Gasteiger partial charge in [0.1, 0.15) is 0 Å². The molecule has 0 saturated carbocycles. The molecule has 2 amide bonds. The van der Waals surface area contributed by atoms with Crippen LogP contribution in [0, 0.1) is 0 Å². The van der Waals surface area contributed by atoms with Gasteiger partial charge < -0.3 is 16.4 Å². The van der Waals surface area contributed by atoms with E-state index in [9.17, 15) is 9.59 Å². The maximum Gasteiger partial charge on any atom is 0.241 e. The Labute approximate surface area is 150 Å². The third-order valence-electron chi connectivity index (χ3n) is 4.42. The first-order valence-electron chi connectivity index (χ1n) is 9.27. The second kappa shape index (κ2) is 10.2. The number of nitrogens with one attached hydrogen (secondary N) is 2. The number of rotatable bonds is 7. The lowest BCUT2D eigenvalue weighted by atomic mass is 10.1. The van der Waals surface area contributed by atoms with Crippen molar-refractivity contribution in [3.63, 3.8) is 0 Å². The molecule has 138 valence electrons. The van der Waals surface area contributed by atoms with Gasteiger partial charge in [-0.15, -0.1) is 0 Å². The Bertz CT molecular complexity index is 568. The second-order valence-electron chi connectivity index (χ2n) is 6.70. The molecular formula is C19H30N4O2. The summed E-state index contributed by atoms with van der Waals surface area (Å²) in [5.41, 5.74) is 7.15. The highest BCUT2D eigenvalue weighted by Gasteiger charge is 2.14. The van der Waals surface area contributed by atoms with E-state index in [2.05, 4.69) is 15.5 Å². The first kappa shape index (κ1) is 19.4. The molecule has 1 heterocycles. The molecular weight excluding hydrogens is 316 g/mol. The molecule has 1 aliphatic heterocycles. The molecule has 6 nitrogen and oxygen atoms in total. The minimum Gasteiger partial charge on any atom is -0.325 e. The van der Waals surface area contributed by atoms with Crippen molar-refractivity contribution in [2.24, 2.45) is 5.73 Å². The summed E-state index contributed by atoms with van der Waals surface area (Å²) >= 11 is 0. The van der Waals surface area contributed by atoms with Crippen LogP contribution >= 0.6 is 0 Å². The van der Waals surface area contributed by atoms with Gasteiger partial charge in [0.2, 0.25) is 11.8 Å². The van der Waals surface area contributed by atoms with Crippen LogP contribution in [0.4, 0.5) is 11.4 Å². The molecule has 2 rings (SSSR count). The topological polar surface area (TPSA) is 87.5 Å². The van der Waals surface area contributed by atoms with E-state index < -0.39 is 6.04 Å². The van der Waals surface area contributed by atoms with Crippen molar-refractivity contribution >= 4 is 23.2 Å². The van der Waals surface area contributed by atoms with E-state index in [4.69, 9.17) is 5.73 Å². The monoisotopic (exact) mass is 346 g/mol. The summed E-state index contributed by atoms with van der Waals surface area (Å²) in [6, 6.07) is 6.67. The molecule has 6 heteroatoms. The molecule has 1 aromatic carbocycles. The predicted octanol–water partition coefficient (Wildman–Crippen LogP) is 2.57. The molecule has 0 aliphatic carbocycles. The van der Waals surface area contributed by atoms with Crippen LogP contribution in [0.3, 0.4) is 0 Å². The molecule has 25 heavy (non-hydrogen) atoms. The number of carbonyl (C=O) groups is 2. The molecule has 1 aromatic rings. The molecule has 1 aliphatic rings. The molecule has 1 fully saturated rings. The number of carbonyl (C=O) groups excluding carboxylic acids is 2. The normalized spacial score (nSPS) is 16.7. The van der Waals surface area contributed by atoms with Crippen molar-refractivity contribution in [3.8, 4) is 0 Å². The van der Waals surface area contributed by atoms with E-state index in [-0.39, 0.29) is 11.8 Å². The average molecular weight is 346 g/mol. The Morgan fingerprint density at radius 2 is 1.76 bits per heavy atom. The number of nitrogens with zero attached hydrogens (tertiary/aromatic N) is 1. The van der Waals surface area contributed by atoms with Crippen molar-refractivity contribution < 1.29 is 9.59 Å². The standard InChI is InChI=1S/C19H30N4O2/c1-2-8-17(20)19(25)22-16-10-7-9-15(13-16)21-18(24)14-23-11-5-3-4-6-12-23/h7,9-10,13,17H,2-6,8,11-12,14,20H2,1H3,(H,21,24)(H,22,25). The van der Waals surface area contributed by atoms with Crippen molar-refractivity contribution in [2.45, 2.75) is 51.5 Å². The highest BCUT2D eigenvalue weighted by Crippen LogP contribution is 2.16. The summed E-state index contributed by atoms with van der Waals surface area (Å²) in [5.74, 6) is -0.219. The van der Waals surface area contributed by atoms with Crippen LogP contribution in [-0.4, -0.2) is 42.4 Å². The zero-order chi connectivity index (χ0) is 18.1. The van der Waals surface area contributed by atoms with Crippen LogP contribution in [0.25, 0.3) is 0 Å². The van der Waals surface area contributed by atoms with Gasteiger partial charge in [-0.25, -0.2) is 0 Å². The molecule has 0 bridgehead atoms. The lowest BCUT2D eigenvalue weighted by molar-refractivity contribution is -0.118. The van der Waals surface area contributed by atoms with Gasteiger partial charge in [0, 0.05) is 11.4 Å². The summed E-state index contributed by atoms with van der Waals surface area (Å²) < 4.78 is 0.